The van der Waals surface area contributed by atoms with Crippen molar-refractivity contribution >= 4 is 23.4 Å². The first-order valence-electron chi connectivity index (χ1n) is 10.6. The zero-order valence-corrected chi connectivity index (χ0v) is 18.1. The van der Waals surface area contributed by atoms with Crippen molar-refractivity contribution < 1.29 is 14.4 Å². The van der Waals surface area contributed by atoms with Crippen molar-refractivity contribution in [1.82, 2.24) is 10.6 Å². The molecule has 0 spiro atoms. The van der Waals surface area contributed by atoms with Crippen LogP contribution in [0.4, 0.5) is 5.69 Å². The zero-order chi connectivity index (χ0) is 22.8. The van der Waals surface area contributed by atoms with Crippen LogP contribution in [0.5, 0.6) is 0 Å². The van der Waals surface area contributed by atoms with E-state index in [-0.39, 0.29) is 24.3 Å². The van der Waals surface area contributed by atoms with Gasteiger partial charge in [0.1, 0.15) is 0 Å². The highest BCUT2D eigenvalue weighted by Crippen LogP contribution is 2.19. The lowest BCUT2D eigenvalue weighted by Crippen LogP contribution is -2.36. The van der Waals surface area contributed by atoms with Gasteiger partial charge in [-0.15, -0.1) is 0 Å². The van der Waals surface area contributed by atoms with Crippen molar-refractivity contribution in [2.45, 2.75) is 26.3 Å². The van der Waals surface area contributed by atoms with E-state index in [0.29, 0.717) is 18.5 Å². The lowest BCUT2D eigenvalue weighted by molar-refractivity contribution is -0.120. The summed E-state index contributed by atoms with van der Waals surface area (Å²) in [7, 11) is 0. The number of amides is 3. The Morgan fingerprint density at radius 3 is 2.03 bits per heavy atom. The van der Waals surface area contributed by atoms with Gasteiger partial charge in [-0.05, 0) is 47.4 Å². The number of hydrogen-bond donors (Lipinski definition) is 3. The first kappa shape index (κ1) is 22.7. The fourth-order valence-electron chi connectivity index (χ4n) is 3.13. The third-order valence-electron chi connectivity index (χ3n) is 4.87. The van der Waals surface area contributed by atoms with Crippen molar-refractivity contribution in [3.05, 3.63) is 90.0 Å². The van der Waals surface area contributed by atoms with Gasteiger partial charge in [0.2, 0.25) is 11.8 Å². The number of benzene rings is 3. The van der Waals surface area contributed by atoms with Crippen LogP contribution in [0.15, 0.2) is 78.9 Å². The van der Waals surface area contributed by atoms with Crippen LogP contribution < -0.4 is 16.0 Å². The molecule has 3 aromatic rings. The normalized spacial score (nSPS) is 10.3. The number of rotatable bonds is 9. The van der Waals surface area contributed by atoms with Crippen molar-refractivity contribution in [3.8, 4) is 11.1 Å². The molecule has 0 bridgehead atoms. The summed E-state index contributed by atoms with van der Waals surface area (Å²) >= 11 is 0. The quantitative estimate of drug-likeness (QED) is 0.478. The molecule has 0 radical (unpaired) electrons. The van der Waals surface area contributed by atoms with Gasteiger partial charge in [-0.2, -0.15) is 0 Å². The highest BCUT2D eigenvalue weighted by Gasteiger charge is 2.09. The van der Waals surface area contributed by atoms with Crippen LogP contribution in [0.3, 0.4) is 0 Å². The fraction of sp³-hybridized carbons (Fsp3) is 0.192. The average molecular weight is 430 g/mol. The Hall–Kier alpha value is -3.93. The second-order valence-corrected chi connectivity index (χ2v) is 7.40. The maximum Gasteiger partial charge on any atom is 0.251 e. The van der Waals surface area contributed by atoms with Gasteiger partial charge in [-0.3, -0.25) is 14.4 Å². The Labute approximate surface area is 188 Å². The van der Waals surface area contributed by atoms with Crippen LogP contribution in [0.25, 0.3) is 11.1 Å². The Morgan fingerprint density at radius 1 is 0.719 bits per heavy atom. The van der Waals surface area contributed by atoms with E-state index < -0.39 is 0 Å². The Bertz CT molecular complexity index is 1050. The molecular weight excluding hydrogens is 402 g/mol. The standard InChI is InChI=1S/C26H27N3O3/c1-2-6-24(30)29-23-15-9-19(10-16-23)17-27-25(31)18-28-26(32)22-13-11-21(12-14-22)20-7-4-3-5-8-20/h3-5,7-16H,2,6,17-18H2,1H3,(H,27,31)(H,28,32)(H,29,30). The molecule has 0 atom stereocenters. The predicted octanol–water partition coefficient (Wildman–Crippen LogP) is 4.14. The molecule has 3 aromatic carbocycles. The third kappa shape index (κ3) is 6.80. The molecule has 0 unspecified atom stereocenters. The van der Waals surface area contributed by atoms with Crippen molar-refractivity contribution in [3.63, 3.8) is 0 Å². The van der Waals surface area contributed by atoms with Gasteiger partial charge < -0.3 is 16.0 Å². The third-order valence-corrected chi connectivity index (χ3v) is 4.87. The molecule has 0 saturated heterocycles. The van der Waals surface area contributed by atoms with E-state index in [1.165, 1.54) is 0 Å². The number of nitrogens with one attached hydrogen (secondary N) is 3. The number of hydrogen-bond acceptors (Lipinski definition) is 3. The summed E-state index contributed by atoms with van der Waals surface area (Å²) < 4.78 is 0. The summed E-state index contributed by atoms with van der Waals surface area (Å²) in [6.07, 6.45) is 1.28. The van der Waals surface area contributed by atoms with Crippen molar-refractivity contribution in [2.75, 3.05) is 11.9 Å². The van der Waals surface area contributed by atoms with E-state index in [2.05, 4.69) is 16.0 Å². The van der Waals surface area contributed by atoms with E-state index in [4.69, 9.17) is 0 Å². The number of carbonyl (C=O) groups is 3. The van der Waals surface area contributed by atoms with Gasteiger partial charge in [0, 0.05) is 24.2 Å². The van der Waals surface area contributed by atoms with Crippen molar-refractivity contribution in [1.29, 1.82) is 0 Å². The molecule has 3 N–H and O–H groups in total. The van der Waals surface area contributed by atoms with Gasteiger partial charge in [-0.25, -0.2) is 0 Å². The second-order valence-electron chi connectivity index (χ2n) is 7.40. The van der Waals surface area contributed by atoms with Crippen LogP contribution in [0.2, 0.25) is 0 Å². The molecule has 3 amide bonds. The molecule has 0 aliphatic carbocycles. The van der Waals surface area contributed by atoms with Gasteiger partial charge in [-0.1, -0.05) is 61.5 Å². The molecule has 0 aromatic heterocycles. The topological polar surface area (TPSA) is 87.3 Å². The largest absolute Gasteiger partial charge is 0.350 e. The predicted molar refractivity (Wildman–Crippen MR) is 126 cm³/mol. The minimum Gasteiger partial charge on any atom is -0.350 e. The molecule has 32 heavy (non-hydrogen) atoms. The van der Waals surface area contributed by atoms with E-state index in [1.807, 2.05) is 61.5 Å². The maximum atomic E-state index is 12.3. The summed E-state index contributed by atoms with van der Waals surface area (Å²) in [6.45, 7) is 2.18. The highest BCUT2D eigenvalue weighted by atomic mass is 16.2. The molecular formula is C26H27N3O3. The minimum atomic E-state index is -0.299. The minimum absolute atomic E-state index is 0.0148. The molecule has 0 fully saturated rings. The molecule has 0 heterocycles. The SMILES string of the molecule is CCCC(=O)Nc1ccc(CNC(=O)CNC(=O)c2ccc(-c3ccccc3)cc2)cc1. The van der Waals surface area contributed by atoms with Crippen LogP contribution in [0, 0.1) is 0 Å². The Balaban J connectivity index is 1.42. The lowest BCUT2D eigenvalue weighted by atomic mass is 10.0. The summed E-state index contributed by atoms with van der Waals surface area (Å²) in [4.78, 5) is 36.0. The van der Waals surface area contributed by atoms with E-state index >= 15 is 0 Å². The molecule has 0 aliphatic rings. The lowest BCUT2D eigenvalue weighted by Gasteiger charge is -2.09. The van der Waals surface area contributed by atoms with Crippen LogP contribution in [-0.4, -0.2) is 24.3 Å². The van der Waals surface area contributed by atoms with Crippen molar-refractivity contribution in [2.24, 2.45) is 0 Å². The molecule has 0 aliphatic heterocycles. The second kappa shape index (κ2) is 11.5. The van der Waals surface area contributed by atoms with E-state index in [0.717, 1.165) is 28.8 Å². The Kier molecular flexibility index (Phi) is 8.15. The maximum absolute atomic E-state index is 12.3. The van der Waals surface area contributed by atoms with Gasteiger partial charge in [0.15, 0.2) is 0 Å². The van der Waals surface area contributed by atoms with E-state index in [9.17, 15) is 14.4 Å². The summed E-state index contributed by atoms with van der Waals surface area (Å²) in [5.41, 5.74) is 4.22. The molecule has 6 nitrogen and oxygen atoms in total. The molecule has 164 valence electrons. The number of anilines is 1. The summed E-state index contributed by atoms with van der Waals surface area (Å²) in [5.74, 6) is -0.592. The van der Waals surface area contributed by atoms with E-state index in [1.54, 1.807) is 24.3 Å². The van der Waals surface area contributed by atoms with Crippen LogP contribution >= 0.6 is 0 Å². The zero-order valence-electron chi connectivity index (χ0n) is 18.1. The fourth-order valence-corrected chi connectivity index (χ4v) is 3.13. The summed E-state index contributed by atoms with van der Waals surface area (Å²) in [6, 6.07) is 24.5. The Morgan fingerprint density at radius 2 is 1.38 bits per heavy atom. The monoisotopic (exact) mass is 429 g/mol. The first-order chi connectivity index (χ1) is 15.5. The highest BCUT2D eigenvalue weighted by molar-refractivity contribution is 5.96. The average Bonchev–Trinajstić information content (AvgIpc) is 2.83. The molecule has 0 saturated carbocycles. The smallest absolute Gasteiger partial charge is 0.251 e. The molecule has 3 rings (SSSR count). The number of carbonyl (C=O) groups excluding carboxylic acids is 3. The van der Waals surface area contributed by atoms with Crippen LogP contribution in [-0.2, 0) is 16.1 Å². The van der Waals surface area contributed by atoms with Gasteiger partial charge >= 0.3 is 0 Å². The first-order valence-corrected chi connectivity index (χ1v) is 10.6. The van der Waals surface area contributed by atoms with Gasteiger partial charge in [0.05, 0.1) is 6.54 Å². The van der Waals surface area contributed by atoms with Gasteiger partial charge in [0.25, 0.3) is 5.91 Å². The summed E-state index contributed by atoms with van der Waals surface area (Å²) in [5, 5.41) is 8.24. The van der Waals surface area contributed by atoms with Crippen LogP contribution in [0.1, 0.15) is 35.7 Å². The molecule has 6 heteroatoms.